The summed E-state index contributed by atoms with van der Waals surface area (Å²) in [5.41, 5.74) is 3.68. The predicted octanol–water partition coefficient (Wildman–Crippen LogP) is 3.61. The Morgan fingerprint density at radius 3 is 2.88 bits per heavy atom. The molecule has 0 saturated heterocycles. The molecule has 0 saturated carbocycles. The molecule has 1 aromatic carbocycles. The van der Waals surface area contributed by atoms with Gasteiger partial charge in [-0.05, 0) is 38.1 Å². The molecule has 0 aliphatic carbocycles. The summed E-state index contributed by atoms with van der Waals surface area (Å²) >= 11 is 0. The summed E-state index contributed by atoms with van der Waals surface area (Å²) in [6.07, 6.45) is 1.66. The Balaban J connectivity index is 1.55. The van der Waals surface area contributed by atoms with E-state index in [0.29, 0.717) is 18.7 Å². The molecule has 5 heteroatoms. The van der Waals surface area contributed by atoms with E-state index in [2.05, 4.69) is 9.88 Å². The first-order valence-corrected chi connectivity index (χ1v) is 8.35. The zero-order valence-electron chi connectivity index (χ0n) is 14.3. The van der Waals surface area contributed by atoms with Crippen molar-refractivity contribution in [1.29, 1.82) is 0 Å². The van der Waals surface area contributed by atoms with Gasteiger partial charge in [0.2, 0.25) is 0 Å². The summed E-state index contributed by atoms with van der Waals surface area (Å²) in [7, 11) is 0. The van der Waals surface area contributed by atoms with Crippen molar-refractivity contribution in [2.45, 2.75) is 26.4 Å². The number of aromatic nitrogens is 1. The molecule has 0 fully saturated rings. The van der Waals surface area contributed by atoms with Gasteiger partial charge in [-0.15, -0.1) is 0 Å². The van der Waals surface area contributed by atoms with Crippen LogP contribution < -0.4 is 10.1 Å². The van der Waals surface area contributed by atoms with E-state index in [-0.39, 0.29) is 11.9 Å². The monoisotopic (exact) mass is 336 g/mol. The molecular formula is C20H20N2O3. The number of benzene rings is 1. The molecule has 0 unspecified atom stereocenters. The summed E-state index contributed by atoms with van der Waals surface area (Å²) in [5, 5.41) is 3.09. The van der Waals surface area contributed by atoms with Gasteiger partial charge in [-0.25, -0.2) is 0 Å². The zero-order valence-corrected chi connectivity index (χ0v) is 14.3. The highest BCUT2D eigenvalue weighted by Gasteiger charge is 2.26. The number of fused-ring (bicyclic) bond motifs is 1. The molecule has 5 nitrogen and oxygen atoms in total. The Morgan fingerprint density at radius 2 is 2.08 bits per heavy atom. The van der Waals surface area contributed by atoms with Gasteiger partial charge in [-0.2, -0.15) is 0 Å². The summed E-state index contributed by atoms with van der Waals surface area (Å²) < 4.78 is 13.2. The maximum Gasteiger partial charge on any atom is 0.253 e. The lowest BCUT2D eigenvalue weighted by Crippen LogP contribution is -2.29. The van der Waals surface area contributed by atoms with Crippen LogP contribution in [0.2, 0.25) is 0 Å². The second kappa shape index (κ2) is 6.16. The van der Waals surface area contributed by atoms with Gasteiger partial charge < -0.3 is 19.0 Å². The zero-order chi connectivity index (χ0) is 17.4. The highest BCUT2D eigenvalue weighted by atomic mass is 16.5. The van der Waals surface area contributed by atoms with Gasteiger partial charge in [-0.1, -0.05) is 18.2 Å². The number of rotatable bonds is 4. The Kier molecular flexibility index (Phi) is 3.84. The lowest BCUT2D eigenvalue weighted by Gasteiger charge is -2.12. The second-order valence-corrected chi connectivity index (χ2v) is 6.33. The van der Waals surface area contributed by atoms with E-state index in [1.165, 1.54) is 0 Å². The Hall–Kier alpha value is -2.95. The molecule has 1 aliphatic heterocycles. The molecule has 0 spiro atoms. The second-order valence-electron chi connectivity index (χ2n) is 6.33. The van der Waals surface area contributed by atoms with Gasteiger partial charge >= 0.3 is 0 Å². The number of nitrogens with one attached hydrogen (secondary N) is 1. The van der Waals surface area contributed by atoms with Crippen LogP contribution in [0.3, 0.4) is 0 Å². The average Bonchev–Trinajstić information content (AvgIpc) is 3.32. The van der Waals surface area contributed by atoms with Crippen LogP contribution >= 0.6 is 0 Å². The maximum absolute atomic E-state index is 12.8. The number of nitrogens with zero attached hydrogens (tertiary/aromatic N) is 1. The molecule has 25 heavy (non-hydrogen) atoms. The van der Waals surface area contributed by atoms with Crippen LogP contribution in [0.4, 0.5) is 0 Å². The van der Waals surface area contributed by atoms with Gasteiger partial charge in [0, 0.05) is 17.0 Å². The summed E-state index contributed by atoms with van der Waals surface area (Å²) in [6, 6.07) is 13.4. The molecular weight excluding hydrogens is 316 g/mol. The molecule has 3 heterocycles. The average molecular weight is 336 g/mol. The molecule has 1 aliphatic rings. The predicted molar refractivity (Wildman–Crippen MR) is 93.9 cm³/mol. The van der Waals surface area contributed by atoms with Crippen molar-refractivity contribution in [1.82, 2.24) is 9.88 Å². The van der Waals surface area contributed by atoms with Crippen molar-refractivity contribution in [2.24, 2.45) is 0 Å². The van der Waals surface area contributed by atoms with E-state index < -0.39 is 0 Å². The van der Waals surface area contributed by atoms with Crippen molar-refractivity contribution >= 4 is 5.91 Å². The molecule has 128 valence electrons. The third-order valence-corrected chi connectivity index (χ3v) is 4.72. The largest absolute Gasteiger partial charge is 0.491 e. The Bertz CT molecular complexity index is 909. The summed E-state index contributed by atoms with van der Waals surface area (Å²) in [5.74, 6) is 1.63. The first-order valence-electron chi connectivity index (χ1n) is 8.35. The van der Waals surface area contributed by atoms with Crippen molar-refractivity contribution in [2.75, 3.05) is 6.61 Å². The van der Waals surface area contributed by atoms with E-state index >= 15 is 0 Å². The lowest BCUT2D eigenvalue weighted by molar-refractivity contribution is 0.0929. The number of ether oxygens (including phenoxy) is 1. The lowest BCUT2D eigenvalue weighted by atomic mass is 10.1. The van der Waals surface area contributed by atoms with Crippen molar-refractivity contribution in [3.63, 3.8) is 0 Å². The van der Waals surface area contributed by atoms with Gasteiger partial charge in [0.1, 0.15) is 18.1 Å². The number of aryl methyl sites for hydroxylation is 1. The molecule has 1 atom stereocenters. The van der Waals surface area contributed by atoms with Crippen molar-refractivity contribution in [3.8, 4) is 5.75 Å². The normalized spacial score (nSPS) is 15.7. The minimum atomic E-state index is -0.114. The fourth-order valence-corrected chi connectivity index (χ4v) is 3.35. The highest BCUT2D eigenvalue weighted by molar-refractivity contribution is 5.96. The number of hydrogen-bond donors (Lipinski definition) is 1. The first kappa shape index (κ1) is 15.6. The van der Waals surface area contributed by atoms with E-state index in [4.69, 9.17) is 9.15 Å². The standard InChI is InChI=1S/C20H20N2O3/c1-13-10-17(14(2)22(13)11-15-6-5-9-24-15)20(23)21-18-12-25-19-8-4-3-7-16(18)19/h3-10,18H,11-12H2,1-2H3,(H,21,23)/t18-/m1/s1. The molecule has 4 rings (SSSR count). The van der Waals surface area contributed by atoms with Crippen molar-refractivity contribution < 1.29 is 13.9 Å². The third kappa shape index (κ3) is 2.82. The van der Waals surface area contributed by atoms with Gasteiger partial charge in [0.25, 0.3) is 5.91 Å². The number of carbonyl (C=O) groups is 1. The Labute approximate surface area is 146 Å². The van der Waals surface area contributed by atoms with Crippen LogP contribution in [0.15, 0.2) is 53.1 Å². The number of hydrogen-bond acceptors (Lipinski definition) is 3. The number of furan rings is 1. The maximum atomic E-state index is 12.8. The van der Waals surface area contributed by atoms with Crippen LogP contribution in [0.5, 0.6) is 5.75 Å². The SMILES string of the molecule is Cc1cc(C(=O)N[C@@H]2COc3ccccc32)c(C)n1Cc1ccco1. The molecule has 1 N–H and O–H groups in total. The molecule has 0 bridgehead atoms. The smallest absolute Gasteiger partial charge is 0.253 e. The summed E-state index contributed by atoms with van der Waals surface area (Å²) in [6.45, 7) is 5.05. The van der Waals surface area contributed by atoms with Gasteiger partial charge in [-0.3, -0.25) is 4.79 Å². The number of carbonyl (C=O) groups excluding carboxylic acids is 1. The van der Waals surface area contributed by atoms with Gasteiger partial charge in [0.15, 0.2) is 0 Å². The van der Waals surface area contributed by atoms with E-state index in [0.717, 1.165) is 28.5 Å². The van der Waals surface area contributed by atoms with Gasteiger partial charge in [0.05, 0.1) is 24.4 Å². The number of para-hydroxylation sites is 1. The van der Waals surface area contributed by atoms with Crippen molar-refractivity contribution in [3.05, 3.63) is 77.0 Å². The van der Waals surface area contributed by atoms with E-state index in [1.807, 2.05) is 56.3 Å². The quantitative estimate of drug-likeness (QED) is 0.792. The third-order valence-electron chi connectivity index (χ3n) is 4.72. The minimum absolute atomic E-state index is 0.0795. The Morgan fingerprint density at radius 1 is 1.24 bits per heavy atom. The highest BCUT2D eigenvalue weighted by Crippen LogP contribution is 2.32. The van der Waals surface area contributed by atoms with Crippen LogP contribution in [0.1, 0.15) is 39.1 Å². The fourth-order valence-electron chi connectivity index (χ4n) is 3.35. The molecule has 1 amide bonds. The van der Waals surface area contributed by atoms with E-state index in [9.17, 15) is 4.79 Å². The molecule has 2 aromatic heterocycles. The van der Waals surface area contributed by atoms with Crippen LogP contribution in [-0.4, -0.2) is 17.1 Å². The fraction of sp³-hybridized carbons (Fsp3) is 0.250. The van der Waals surface area contributed by atoms with Crippen LogP contribution in [-0.2, 0) is 6.54 Å². The van der Waals surface area contributed by atoms with Crippen LogP contribution in [0.25, 0.3) is 0 Å². The first-order chi connectivity index (χ1) is 12.1. The van der Waals surface area contributed by atoms with Crippen LogP contribution in [0, 0.1) is 13.8 Å². The summed E-state index contributed by atoms with van der Waals surface area (Å²) in [4.78, 5) is 12.8. The number of amides is 1. The molecule has 3 aromatic rings. The minimum Gasteiger partial charge on any atom is -0.491 e. The topological polar surface area (TPSA) is 56.4 Å². The van der Waals surface area contributed by atoms with E-state index in [1.54, 1.807) is 6.26 Å². The molecule has 0 radical (unpaired) electrons.